The van der Waals surface area contributed by atoms with Gasteiger partial charge in [0.15, 0.2) is 0 Å². The summed E-state index contributed by atoms with van der Waals surface area (Å²) in [6, 6.07) is 15.0. The van der Waals surface area contributed by atoms with Crippen LogP contribution in [0.1, 0.15) is 43.8 Å². The molecule has 1 aliphatic carbocycles. The number of fused-ring (bicyclic) bond motifs is 3. The molecule has 1 aliphatic rings. The molecular formula is C26H23N3O5S. The van der Waals surface area contributed by atoms with Crippen molar-refractivity contribution >= 4 is 29.3 Å². The summed E-state index contributed by atoms with van der Waals surface area (Å²) < 4.78 is 5.52. The van der Waals surface area contributed by atoms with Crippen LogP contribution >= 0.6 is 11.3 Å². The zero-order valence-electron chi connectivity index (χ0n) is 18.9. The molecule has 0 aliphatic heterocycles. The highest BCUT2D eigenvalue weighted by atomic mass is 32.1. The van der Waals surface area contributed by atoms with Gasteiger partial charge in [0.2, 0.25) is 0 Å². The SMILES string of the molecule is C#CCC(NC(=O)c1sc(CNC(=O)OCC2c3ccccc3-c3ccccc32)nc1C)C(=O)O. The summed E-state index contributed by atoms with van der Waals surface area (Å²) in [6.45, 7) is 1.90. The Kier molecular flexibility index (Phi) is 7.13. The molecule has 3 N–H and O–H groups in total. The van der Waals surface area contributed by atoms with Crippen LogP contribution in [-0.2, 0) is 16.1 Å². The van der Waals surface area contributed by atoms with E-state index in [9.17, 15) is 19.5 Å². The Hall–Kier alpha value is -4.16. The highest BCUT2D eigenvalue weighted by molar-refractivity contribution is 7.13. The number of nitrogens with zero attached hydrogens (tertiary/aromatic N) is 1. The molecule has 178 valence electrons. The van der Waals surface area contributed by atoms with Crippen molar-refractivity contribution in [2.24, 2.45) is 0 Å². The van der Waals surface area contributed by atoms with Gasteiger partial charge < -0.3 is 20.5 Å². The molecule has 0 saturated carbocycles. The Labute approximate surface area is 206 Å². The number of rotatable bonds is 8. The minimum Gasteiger partial charge on any atom is -0.480 e. The largest absolute Gasteiger partial charge is 0.480 e. The first-order chi connectivity index (χ1) is 16.9. The van der Waals surface area contributed by atoms with Crippen LogP contribution < -0.4 is 10.6 Å². The van der Waals surface area contributed by atoms with Crippen molar-refractivity contribution in [2.45, 2.75) is 31.8 Å². The van der Waals surface area contributed by atoms with E-state index in [2.05, 4.69) is 33.7 Å². The lowest BCUT2D eigenvalue weighted by Crippen LogP contribution is -2.40. The molecule has 0 radical (unpaired) electrons. The summed E-state index contributed by atoms with van der Waals surface area (Å²) in [4.78, 5) is 40.7. The van der Waals surface area contributed by atoms with Crippen molar-refractivity contribution in [3.63, 3.8) is 0 Å². The third kappa shape index (κ3) is 5.18. The first-order valence-corrected chi connectivity index (χ1v) is 11.7. The van der Waals surface area contributed by atoms with E-state index < -0.39 is 24.0 Å². The fraction of sp³-hybridized carbons (Fsp3) is 0.231. The maximum Gasteiger partial charge on any atom is 0.407 e. The van der Waals surface area contributed by atoms with Crippen LogP contribution in [0.4, 0.5) is 4.79 Å². The zero-order valence-corrected chi connectivity index (χ0v) is 19.7. The van der Waals surface area contributed by atoms with E-state index in [0.717, 1.165) is 33.6 Å². The number of hydrogen-bond acceptors (Lipinski definition) is 6. The standard InChI is InChI=1S/C26H23N3O5S/c1-3-8-21(25(31)32)29-24(30)23-15(2)28-22(35-23)13-27-26(33)34-14-20-18-11-6-4-9-16(18)17-10-5-7-12-19(17)20/h1,4-7,9-12,20-21H,8,13-14H2,2H3,(H,27,33)(H,29,30)(H,31,32). The summed E-state index contributed by atoms with van der Waals surface area (Å²) in [5, 5.41) is 14.7. The lowest BCUT2D eigenvalue weighted by Gasteiger charge is -2.14. The van der Waals surface area contributed by atoms with Gasteiger partial charge in [-0.05, 0) is 29.2 Å². The number of aromatic nitrogens is 1. The second-order valence-corrected chi connectivity index (χ2v) is 9.06. The molecule has 4 rings (SSSR count). The molecular weight excluding hydrogens is 466 g/mol. The lowest BCUT2D eigenvalue weighted by molar-refractivity contribution is -0.139. The smallest absolute Gasteiger partial charge is 0.407 e. The van der Waals surface area contributed by atoms with Crippen LogP contribution in [0, 0.1) is 19.3 Å². The maximum absolute atomic E-state index is 12.5. The van der Waals surface area contributed by atoms with Gasteiger partial charge in [-0.25, -0.2) is 14.6 Å². The Morgan fingerprint density at radius 2 is 1.77 bits per heavy atom. The minimum atomic E-state index is -1.21. The number of carboxylic acid groups (broad SMARTS) is 1. The van der Waals surface area contributed by atoms with E-state index in [1.165, 1.54) is 0 Å². The predicted molar refractivity (Wildman–Crippen MR) is 131 cm³/mol. The number of hydrogen-bond donors (Lipinski definition) is 3. The monoisotopic (exact) mass is 489 g/mol. The molecule has 0 saturated heterocycles. The van der Waals surface area contributed by atoms with Gasteiger partial charge in [-0.3, -0.25) is 4.79 Å². The second-order valence-electron chi connectivity index (χ2n) is 7.97. The van der Waals surface area contributed by atoms with Crippen molar-refractivity contribution in [2.75, 3.05) is 6.61 Å². The third-order valence-electron chi connectivity index (χ3n) is 5.70. The third-order valence-corrected chi connectivity index (χ3v) is 6.86. The molecule has 35 heavy (non-hydrogen) atoms. The highest BCUT2D eigenvalue weighted by Gasteiger charge is 2.29. The van der Waals surface area contributed by atoms with Crippen molar-refractivity contribution in [3.05, 3.63) is 75.2 Å². The number of aliphatic carboxylic acids is 1. The Morgan fingerprint density at radius 3 is 2.37 bits per heavy atom. The van der Waals surface area contributed by atoms with Gasteiger partial charge in [-0.15, -0.1) is 23.7 Å². The molecule has 0 bridgehead atoms. The van der Waals surface area contributed by atoms with E-state index in [4.69, 9.17) is 11.2 Å². The number of carbonyl (C=O) groups is 3. The molecule has 2 aromatic carbocycles. The van der Waals surface area contributed by atoms with Crippen molar-refractivity contribution in [3.8, 4) is 23.5 Å². The maximum atomic E-state index is 12.5. The molecule has 0 fully saturated rings. The average molecular weight is 490 g/mol. The van der Waals surface area contributed by atoms with Crippen molar-refractivity contribution < 1.29 is 24.2 Å². The van der Waals surface area contributed by atoms with E-state index >= 15 is 0 Å². The van der Waals surface area contributed by atoms with Gasteiger partial charge in [-0.2, -0.15) is 0 Å². The van der Waals surface area contributed by atoms with Crippen LogP contribution in [-0.4, -0.2) is 40.7 Å². The Balaban J connectivity index is 1.34. The molecule has 2 amide bonds. The van der Waals surface area contributed by atoms with Gasteiger partial charge in [0.1, 0.15) is 22.5 Å². The molecule has 9 heteroatoms. The number of nitrogens with one attached hydrogen (secondary N) is 2. The minimum absolute atomic E-state index is 0.0456. The van der Waals surface area contributed by atoms with Crippen LogP contribution in [0.2, 0.25) is 0 Å². The van der Waals surface area contributed by atoms with Gasteiger partial charge in [0, 0.05) is 12.3 Å². The summed E-state index contributed by atoms with van der Waals surface area (Å²) in [5.74, 6) is 0.401. The van der Waals surface area contributed by atoms with Gasteiger partial charge in [-0.1, -0.05) is 48.5 Å². The molecule has 1 aromatic heterocycles. The quantitative estimate of drug-likeness (QED) is 0.416. The first-order valence-electron chi connectivity index (χ1n) is 10.9. The number of aryl methyl sites for hydroxylation is 1. The lowest BCUT2D eigenvalue weighted by atomic mass is 9.98. The van der Waals surface area contributed by atoms with Crippen LogP contribution in [0.3, 0.4) is 0 Å². The summed E-state index contributed by atoms with van der Waals surface area (Å²) in [7, 11) is 0. The Bertz CT molecular complexity index is 1280. The average Bonchev–Trinajstić information content (AvgIpc) is 3.38. The first kappa shape index (κ1) is 24.0. The van der Waals surface area contributed by atoms with E-state index in [0.29, 0.717) is 10.7 Å². The number of benzene rings is 2. The van der Waals surface area contributed by atoms with Gasteiger partial charge in [0.25, 0.3) is 5.91 Å². The summed E-state index contributed by atoms with van der Waals surface area (Å²) in [5.41, 5.74) is 4.97. The fourth-order valence-corrected chi connectivity index (χ4v) is 4.99. The van der Waals surface area contributed by atoms with Crippen molar-refractivity contribution in [1.29, 1.82) is 0 Å². The van der Waals surface area contributed by atoms with E-state index in [1.54, 1.807) is 6.92 Å². The number of alkyl carbamates (subject to hydrolysis) is 1. The number of thiazole rings is 1. The van der Waals surface area contributed by atoms with Gasteiger partial charge >= 0.3 is 12.1 Å². The normalized spacial score (nSPS) is 12.7. The van der Waals surface area contributed by atoms with E-state index in [-0.39, 0.29) is 30.4 Å². The highest BCUT2D eigenvalue weighted by Crippen LogP contribution is 2.44. The topological polar surface area (TPSA) is 118 Å². The Morgan fingerprint density at radius 1 is 1.14 bits per heavy atom. The van der Waals surface area contributed by atoms with Crippen LogP contribution in [0.15, 0.2) is 48.5 Å². The molecule has 1 unspecified atom stereocenters. The van der Waals surface area contributed by atoms with Crippen LogP contribution in [0.5, 0.6) is 0 Å². The second kappa shape index (κ2) is 10.4. The van der Waals surface area contributed by atoms with Crippen LogP contribution in [0.25, 0.3) is 11.1 Å². The number of carbonyl (C=O) groups excluding carboxylic acids is 2. The summed E-state index contributed by atoms with van der Waals surface area (Å²) in [6.07, 6.45) is 4.45. The predicted octanol–water partition coefficient (Wildman–Crippen LogP) is 3.70. The molecule has 3 aromatic rings. The zero-order chi connectivity index (χ0) is 24.9. The number of carboxylic acids is 1. The molecule has 1 atom stereocenters. The number of amides is 2. The van der Waals surface area contributed by atoms with E-state index in [1.807, 2.05) is 36.4 Å². The van der Waals surface area contributed by atoms with Gasteiger partial charge in [0.05, 0.1) is 12.2 Å². The molecule has 1 heterocycles. The molecule has 8 nitrogen and oxygen atoms in total. The number of terminal acetylenes is 1. The number of ether oxygens (including phenoxy) is 1. The fourth-order valence-electron chi connectivity index (χ4n) is 4.08. The summed E-state index contributed by atoms with van der Waals surface area (Å²) >= 11 is 1.07. The van der Waals surface area contributed by atoms with Crippen molar-refractivity contribution in [1.82, 2.24) is 15.6 Å². The molecule has 0 spiro atoms.